The van der Waals surface area contributed by atoms with Crippen molar-refractivity contribution in [2.75, 3.05) is 0 Å². The molecular formula is C13H18N2O3S. The fraction of sp³-hybridized carbons (Fsp3) is 0.538. The first-order valence-electron chi connectivity index (χ1n) is 6.46. The Morgan fingerprint density at radius 2 is 2.16 bits per heavy atom. The van der Waals surface area contributed by atoms with Crippen LogP contribution in [0.25, 0.3) is 0 Å². The summed E-state index contributed by atoms with van der Waals surface area (Å²) in [6, 6.07) is 2.91. The molecule has 0 radical (unpaired) electrons. The van der Waals surface area contributed by atoms with E-state index in [1.807, 2.05) is 5.38 Å². The van der Waals surface area contributed by atoms with Crippen molar-refractivity contribution in [3.63, 3.8) is 0 Å². The van der Waals surface area contributed by atoms with E-state index < -0.39 is 6.04 Å². The topological polar surface area (TPSA) is 67.4 Å². The average Bonchev–Trinajstić information content (AvgIpc) is 3.08. The Hall–Kier alpha value is -1.40. The zero-order valence-electron chi connectivity index (χ0n) is 10.8. The maximum Gasteiger partial charge on any atom is 0.265 e. The highest BCUT2D eigenvalue weighted by Gasteiger charge is 2.20. The van der Waals surface area contributed by atoms with Crippen molar-refractivity contribution in [1.29, 1.82) is 0 Å². The first-order chi connectivity index (χ1) is 9.16. The van der Waals surface area contributed by atoms with E-state index in [1.54, 1.807) is 19.1 Å². The maximum absolute atomic E-state index is 11.8. The van der Waals surface area contributed by atoms with E-state index in [0.29, 0.717) is 4.88 Å². The molecule has 1 aliphatic carbocycles. The number of amides is 2. The van der Waals surface area contributed by atoms with Crippen LogP contribution >= 0.6 is 11.3 Å². The first kappa shape index (κ1) is 14.0. The highest BCUT2D eigenvalue weighted by Crippen LogP contribution is 2.19. The van der Waals surface area contributed by atoms with Crippen LogP contribution in [0, 0.1) is 0 Å². The summed E-state index contributed by atoms with van der Waals surface area (Å²) < 4.78 is 0. The lowest BCUT2D eigenvalue weighted by molar-refractivity contribution is -0.139. The van der Waals surface area contributed by atoms with Gasteiger partial charge in [0.05, 0.1) is 11.0 Å². The Morgan fingerprint density at radius 1 is 1.42 bits per heavy atom. The van der Waals surface area contributed by atoms with E-state index in [1.165, 1.54) is 11.3 Å². The molecule has 19 heavy (non-hydrogen) atoms. The first-order valence-corrected chi connectivity index (χ1v) is 7.34. The van der Waals surface area contributed by atoms with E-state index in [4.69, 9.17) is 4.84 Å². The molecule has 0 saturated heterocycles. The lowest BCUT2D eigenvalue weighted by atomic mass is 10.3. The van der Waals surface area contributed by atoms with Crippen LogP contribution < -0.4 is 10.8 Å². The maximum atomic E-state index is 11.8. The van der Waals surface area contributed by atoms with Crippen molar-refractivity contribution >= 4 is 23.2 Å². The van der Waals surface area contributed by atoms with E-state index in [0.717, 1.165) is 25.7 Å². The van der Waals surface area contributed by atoms with Crippen LogP contribution in [0.4, 0.5) is 0 Å². The molecule has 1 fully saturated rings. The molecule has 1 unspecified atom stereocenters. The molecule has 1 aromatic heterocycles. The Kier molecular flexibility index (Phi) is 4.93. The van der Waals surface area contributed by atoms with E-state index in [9.17, 15) is 9.59 Å². The Labute approximate surface area is 116 Å². The number of rotatable bonds is 5. The molecule has 1 saturated carbocycles. The Balaban J connectivity index is 1.74. The summed E-state index contributed by atoms with van der Waals surface area (Å²) in [4.78, 5) is 29.4. The molecular weight excluding hydrogens is 264 g/mol. The second kappa shape index (κ2) is 6.68. The molecule has 0 bridgehead atoms. The van der Waals surface area contributed by atoms with Crippen molar-refractivity contribution in [3.05, 3.63) is 22.4 Å². The van der Waals surface area contributed by atoms with Crippen LogP contribution in [0.2, 0.25) is 0 Å². The quantitative estimate of drug-likeness (QED) is 0.810. The number of hydrogen-bond donors (Lipinski definition) is 2. The lowest BCUT2D eigenvalue weighted by Gasteiger charge is -2.16. The van der Waals surface area contributed by atoms with E-state index in [-0.39, 0.29) is 17.9 Å². The molecule has 0 aromatic carbocycles. The van der Waals surface area contributed by atoms with Crippen LogP contribution in [0.1, 0.15) is 42.3 Å². The minimum Gasteiger partial charge on any atom is -0.340 e. The smallest absolute Gasteiger partial charge is 0.265 e. The number of hydrogen-bond acceptors (Lipinski definition) is 4. The molecule has 1 aliphatic rings. The van der Waals surface area contributed by atoms with Gasteiger partial charge in [-0.2, -0.15) is 0 Å². The lowest BCUT2D eigenvalue weighted by Crippen LogP contribution is -2.45. The molecule has 2 rings (SSSR count). The monoisotopic (exact) mass is 282 g/mol. The van der Waals surface area contributed by atoms with Crippen molar-refractivity contribution in [1.82, 2.24) is 10.8 Å². The van der Waals surface area contributed by atoms with Gasteiger partial charge in [0.25, 0.3) is 11.8 Å². The fourth-order valence-corrected chi connectivity index (χ4v) is 2.60. The third-order valence-corrected chi connectivity index (χ3v) is 3.98. The number of nitrogens with one attached hydrogen (secondary N) is 2. The van der Waals surface area contributed by atoms with Gasteiger partial charge in [-0.05, 0) is 31.2 Å². The summed E-state index contributed by atoms with van der Waals surface area (Å²) in [7, 11) is 0. The van der Waals surface area contributed by atoms with Crippen LogP contribution in [0.3, 0.4) is 0 Å². The molecule has 2 amide bonds. The summed E-state index contributed by atoms with van der Waals surface area (Å²) >= 11 is 1.34. The minimum atomic E-state index is -0.615. The highest BCUT2D eigenvalue weighted by molar-refractivity contribution is 7.12. The van der Waals surface area contributed by atoms with Crippen molar-refractivity contribution in [3.8, 4) is 0 Å². The van der Waals surface area contributed by atoms with E-state index in [2.05, 4.69) is 10.8 Å². The predicted octanol–water partition coefficient (Wildman–Crippen LogP) is 1.86. The van der Waals surface area contributed by atoms with Gasteiger partial charge in [0.15, 0.2) is 0 Å². The Morgan fingerprint density at radius 3 is 2.79 bits per heavy atom. The van der Waals surface area contributed by atoms with Crippen molar-refractivity contribution in [2.45, 2.75) is 44.8 Å². The number of carbonyl (C=O) groups is 2. The molecule has 5 nitrogen and oxygen atoms in total. The molecule has 104 valence electrons. The second-order valence-corrected chi connectivity index (χ2v) is 5.61. The largest absolute Gasteiger partial charge is 0.340 e. The van der Waals surface area contributed by atoms with Gasteiger partial charge < -0.3 is 5.32 Å². The summed E-state index contributed by atoms with van der Waals surface area (Å²) in [5, 5.41) is 4.46. The van der Waals surface area contributed by atoms with Gasteiger partial charge in [-0.15, -0.1) is 11.3 Å². The molecule has 2 N–H and O–H groups in total. The molecule has 6 heteroatoms. The van der Waals surface area contributed by atoms with Crippen LogP contribution in [-0.4, -0.2) is 24.0 Å². The number of hydroxylamine groups is 1. The summed E-state index contributed by atoms with van der Waals surface area (Å²) in [6.45, 7) is 1.64. The number of carbonyl (C=O) groups excluding carboxylic acids is 2. The second-order valence-electron chi connectivity index (χ2n) is 4.66. The molecule has 1 heterocycles. The molecule has 0 aliphatic heterocycles. The van der Waals surface area contributed by atoms with Gasteiger partial charge in [-0.3, -0.25) is 14.4 Å². The Bertz CT molecular complexity index is 427. The van der Waals surface area contributed by atoms with Gasteiger partial charge in [-0.1, -0.05) is 18.9 Å². The third kappa shape index (κ3) is 4.04. The zero-order valence-corrected chi connectivity index (χ0v) is 11.7. The van der Waals surface area contributed by atoms with Crippen molar-refractivity contribution < 1.29 is 14.4 Å². The standard InChI is InChI=1S/C13H18N2O3S/c1-9(14-13(17)11-7-4-8-19-11)12(16)15-18-10-5-2-3-6-10/h4,7-10H,2-3,5-6H2,1H3,(H,14,17)(H,15,16). The fourth-order valence-electron chi connectivity index (χ4n) is 1.98. The third-order valence-electron chi connectivity index (χ3n) is 3.11. The van der Waals surface area contributed by atoms with Crippen LogP contribution in [0.15, 0.2) is 17.5 Å². The van der Waals surface area contributed by atoms with Gasteiger partial charge in [0.1, 0.15) is 6.04 Å². The SMILES string of the molecule is CC(NC(=O)c1cccs1)C(=O)NOC1CCCC1. The van der Waals surface area contributed by atoms with Gasteiger partial charge in [0.2, 0.25) is 0 Å². The van der Waals surface area contributed by atoms with E-state index >= 15 is 0 Å². The average molecular weight is 282 g/mol. The van der Waals surface area contributed by atoms with Gasteiger partial charge >= 0.3 is 0 Å². The molecule has 1 atom stereocenters. The van der Waals surface area contributed by atoms with Gasteiger partial charge in [0, 0.05) is 0 Å². The zero-order chi connectivity index (χ0) is 13.7. The van der Waals surface area contributed by atoms with Crippen molar-refractivity contribution in [2.24, 2.45) is 0 Å². The molecule has 1 aromatic rings. The number of thiophene rings is 1. The summed E-state index contributed by atoms with van der Waals surface area (Å²) in [5.74, 6) is -0.560. The van der Waals surface area contributed by atoms with Gasteiger partial charge in [-0.25, -0.2) is 5.48 Å². The highest BCUT2D eigenvalue weighted by atomic mass is 32.1. The normalized spacial score (nSPS) is 17.1. The summed E-state index contributed by atoms with van der Waals surface area (Å²) in [5.41, 5.74) is 2.42. The van der Waals surface area contributed by atoms with Crippen LogP contribution in [0.5, 0.6) is 0 Å². The minimum absolute atomic E-state index is 0.115. The summed E-state index contributed by atoms with van der Waals surface area (Å²) in [6.07, 6.45) is 4.37. The predicted molar refractivity (Wildman–Crippen MR) is 72.7 cm³/mol. The van der Waals surface area contributed by atoms with Crippen LogP contribution in [-0.2, 0) is 9.63 Å². The molecule has 0 spiro atoms.